The molecule has 2 nitrogen and oxygen atoms in total. The molecule has 1 aromatic carbocycles. The summed E-state index contributed by atoms with van der Waals surface area (Å²) in [6.07, 6.45) is 1.61. The molecule has 3 heteroatoms. The number of ether oxygens (including phenoxy) is 1. The van der Waals surface area contributed by atoms with Crippen molar-refractivity contribution in [3.8, 4) is 5.75 Å². The maximum absolute atomic E-state index is 5.53. The topological polar surface area (TPSA) is 22.4 Å². The van der Waals surface area contributed by atoms with Crippen molar-refractivity contribution < 1.29 is 25.0 Å². The molecule has 0 amide bonds. The number of para-hydroxylation sites is 1. The standard InChI is InChI=1S/C11H8O2.Cr/c1-2-5-10(6-3-1)13-9-11-7-4-8-12-11;/h1-8H;. The molecule has 14 heavy (non-hydrogen) atoms. The van der Waals surface area contributed by atoms with Crippen molar-refractivity contribution in [2.75, 3.05) is 0 Å². The van der Waals surface area contributed by atoms with Crippen LogP contribution in [0.3, 0.4) is 0 Å². The van der Waals surface area contributed by atoms with Gasteiger partial charge in [0.2, 0.25) is 0 Å². The van der Waals surface area contributed by atoms with Crippen molar-refractivity contribution in [2.24, 2.45) is 0 Å². The summed E-state index contributed by atoms with van der Waals surface area (Å²) in [4.78, 5) is 0. The monoisotopic (exact) mass is 224 g/mol. The van der Waals surface area contributed by atoms with E-state index in [1.165, 1.54) is 0 Å². The molecular formula is C11H8CrO2. The molecule has 0 unspecified atom stereocenters. The fourth-order valence-corrected chi connectivity index (χ4v) is 1.37. The molecule has 2 aromatic rings. The summed E-state index contributed by atoms with van der Waals surface area (Å²) in [7, 11) is 0. The minimum absolute atomic E-state index is 0.640. The predicted molar refractivity (Wildman–Crippen MR) is 49.9 cm³/mol. The van der Waals surface area contributed by atoms with E-state index < -0.39 is 0 Å². The van der Waals surface area contributed by atoms with Crippen LogP contribution in [0.4, 0.5) is 0 Å². The van der Waals surface area contributed by atoms with Gasteiger partial charge in [-0.1, -0.05) is 0 Å². The Morgan fingerprint density at radius 1 is 1.07 bits per heavy atom. The van der Waals surface area contributed by atoms with Crippen molar-refractivity contribution >= 4 is 4.57 Å². The number of hydrogen-bond acceptors (Lipinski definition) is 2. The molecular weight excluding hydrogens is 216 g/mol. The van der Waals surface area contributed by atoms with Crippen LogP contribution in [0, 0.1) is 0 Å². The molecule has 1 heterocycles. The normalized spacial score (nSPS) is 9.71. The Morgan fingerprint density at radius 3 is 2.50 bits per heavy atom. The van der Waals surface area contributed by atoms with Gasteiger partial charge < -0.3 is 0 Å². The average Bonchev–Trinajstić information content (AvgIpc) is 2.72. The maximum atomic E-state index is 5.53. The van der Waals surface area contributed by atoms with E-state index in [0.29, 0.717) is 10.3 Å². The van der Waals surface area contributed by atoms with E-state index in [2.05, 4.69) is 15.9 Å². The number of benzene rings is 1. The van der Waals surface area contributed by atoms with Gasteiger partial charge in [0.25, 0.3) is 0 Å². The summed E-state index contributed by atoms with van der Waals surface area (Å²) in [5.74, 6) is 1.49. The van der Waals surface area contributed by atoms with Crippen molar-refractivity contribution in [1.29, 1.82) is 0 Å². The van der Waals surface area contributed by atoms with E-state index >= 15 is 0 Å². The second-order valence-electron chi connectivity index (χ2n) is 2.68. The number of hydrogen-bond donors (Lipinski definition) is 0. The third-order valence-corrected chi connectivity index (χ3v) is 2.12. The van der Waals surface area contributed by atoms with E-state index in [4.69, 9.17) is 9.15 Å². The predicted octanol–water partition coefficient (Wildman–Crippen LogP) is 2.38. The molecule has 0 atom stereocenters. The first kappa shape index (κ1) is 9.26. The molecule has 0 N–H and O–H groups in total. The van der Waals surface area contributed by atoms with E-state index in [-0.39, 0.29) is 0 Å². The molecule has 2 rings (SSSR count). The van der Waals surface area contributed by atoms with Gasteiger partial charge in [0.15, 0.2) is 0 Å². The molecule has 0 aliphatic carbocycles. The Kier molecular flexibility index (Phi) is 2.83. The van der Waals surface area contributed by atoms with Crippen LogP contribution < -0.4 is 4.74 Å². The number of furan rings is 1. The van der Waals surface area contributed by atoms with Crippen LogP contribution in [-0.2, 0) is 15.9 Å². The third-order valence-electron chi connectivity index (χ3n) is 1.68. The molecule has 0 bridgehead atoms. The summed E-state index contributed by atoms with van der Waals surface area (Å²) in [6, 6.07) is 13.2. The van der Waals surface area contributed by atoms with Crippen molar-refractivity contribution in [1.82, 2.24) is 0 Å². The molecule has 0 saturated heterocycles. The SMILES string of the molecule is [Cr]=[C](Oc1ccccc1)c1ccco1. The van der Waals surface area contributed by atoms with Gasteiger partial charge in [-0.3, -0.25) is 0 Å². The zero-order valence-electron chi connectivity index (χ0n) is 7.34. The van der Waals surface area contributed by atoms with E-state index in [9.17, 15) is 0 Å². The first-order valence-corrected chi connectivity index (χ1v) is 4.81. The summed E-state index contributed by atoms with van der Waals surface area (Å²) < 4.78 is 11.3. The van der Waals surface area contributed by atoms with Gasteiger partial charge in [-0.05, 0) is 0 Å². The second-order valence-corrected chi connectivity index (χ2v) is 3.26. The van der Waals surface area contributed by atoms with Gasteiger partial charge in [0.1, 0.15) is 0 Å². The van der Waals surface area contributed by atoms with Gasteiger partial charge in [-0.15, -0.1) is 0 Å². The van der Waals surface area contributed by atoms with E-state index in [1.807, 2.05) is 42.5 Å². The van der Waals surface area contributed by atoms with Crippen LogP contribution in [0.15, 0.2) is 53.1 Å². The zero-order chi connectivity index (χ0) is 9.80. The fraction of sp³-hybridized carbons (Fsp3) is 0. The molecule has 1 aromatic heterocycles. The Hall–Kier alpha value is -1.30. The molecule has 0 aliphatic rings. The Bertz CT molecular complexity index is 406. The minimum atomic E-state index is 0.640. The quantitative estimate of drug-likeness (QED) is 0.798. The molecule has 0 aliphatic heterocycles. The third kappa shape index (κ3) is 2.14. The molecule has 0 spiro atoms. The Balaban J connectivity index is 2.10. The molecule has 0 saturated carbocycles. The summed E-state index contributed by atoms with van der Waals surface area (Å²) in [5.41, 5.74) is 0. The molecule has 0 radical (unpaired) electrons. The van der Waals surface area contributed by atoms with Gasteiger partial charge >= 0.3 is 89.8 Å². The van der Waals surface area contributed by atoms with Crippen molar-refractivity contribution in [3.63, 3.8) is 0 Å². The fourth-order valence-electron chi connectivity index (χ4n) is 1.04. The van der Waals surface area contributed by atoms with Crippen LogP contribution in [0.2, 0.25) is 0 Å². The van der Waals surface area contributed by atoms with Gasteiger partial charge in [0.05, 0.1) is 0 Å². The first-order valence-electron chi connectivity index (χ1n) is 4.17. The van der Waals surface area contributed by atoms with Crippen LogP contribution in [0.25, 0.3) is 0 Å². The van der Waals surface area contributed by atoms with E-state index in [0.717, 1.165) is 5.75 Å². The molecule has 70 valence electrons. The summed E-state index contributed by atoms with van der Waals surface area (Å²) in [6.45, 7) is 0. The van der Waals surface area contributed by atoms with Gasteiger partial charge in [-0.25, -0.2) is 0 Å². The van der Waals surface area contributed by atoms with Gasteiger partial charge in [0, 0.05) is 0 Å². The van der Waals surface area contributed by atoms with Gasteiger partial charge in [-0.2, -0.15) is 0 Å². The van der Waals surface area contributed by atoms with Crippen molar-refractivity contribution in [2.45, 2.75) is 0 Å². The Morgan fingerprint density at radius 2 is 1.86 bits per heavy atom. The average molecular weight is 224 g/mol. The summed E-state index contributed by atoms with van der Waals surface area (Å²) in [5, 5.41) is 0. The Labute approximate surface area is 90.1 Å². The zero-order valence-corrected chi connectivity index (χ0v) is 8.62. The van der Waals surface area contributed by atoms with E-state index in [1.54, 1.807) is 6.26 Å². The second kappa shape index (κ2) is 4.28. The van der Waals surface area contributed by atoms with Crippen LogP contribution in [0.1, 0.15) is 5.76 Å². The van der Waals surface area contributed by atoms with Crippen LogP contribution in [-0.4, -0.2) is 4.57 Å². The molecule has 0 fully saturated rings. The van der Waals surface area contributed by atoms with Crippen molar-refractivity contribution in [3.05, 3.63) is 54.5 Å². The first-order chi connectivity index (χ1) is 6.86. The van der Waals surface area contributed by atoms with Crippen LogP contribution >= 0.6 is 0 Å². The summed E-state index contributed by atoms with van der Waals surface area (Å²) >= 11 is 2.83. The van der Waals surface area contributed by atoms with Crippen LogP contribution in [0.5, 0.6) is 5.75 Å². The number of rotatable bonds is 3.